The van der Waals surface area contributed by atoms with Crippen LogP contribution in [0.2, 0.25) is 0 Å². The van der Waals surface area contributed by atoms with Gasteiger partial charge in [0.25, 0.3) is 0 Å². The molecule has 0 aromatic rings. The number of hydrogen-bond donors (Lipinski definition) is 0. The molecule has 0 radical (unpaired) electrons. The molecule has 0 aromatic carbocycles. The van der Waals surface area contributed by atoms with E-state index in [-0.39, 0.29) is 0 Å². The molecule has 0 bridgehead atoms. The first-order chi connectivity index (χ1) is 5.81. The second kappa shape index (κ2) is 2.96. The van der Waals surface area contributed by atoms with E-state index in [2.05, 4.69) is 13.0 Å². The molecule has 2 rings (SSSR count). The lowest BCUT2D eigenvalue weighted by molar-refractivity contribution is 0.274. The van der Waals surface area contributed by atoms with Crippen molar-refractivity contribution in [1.82, 2.24) is 0 Å². The van der Waals surface area contributed by atoms with Crippen LogP contribution in [0.5, 0.6) is 0 Å². The van der Waals surface area contributed by atoms with Gasteiger partial charge in [0, 0.05) is 6.42 Å². The van der Waals surface area contributed by atoms with Crippen molar-refractivity contribution in [3.8, 4) is 0 Å². The molecule has 1 heteroatoms. The molecular formula is C11H16O. The van der Waals surface area contributed by atoms with E-state index in [0.717, 1.165) is 12.3 Å². The Morgan fingerprint density at radius 1 is 1.33 bits per heavy atom. The summed E-state index contributed by atoms with van der Waals surface area (Å²) in [4.78, 5) is 0. The van der Waals surface area contributed by atoms with E-state index in [4.69, 9.17) is 4.74 Å². The molecule has 0 saturated heterocycles. The monoisotopic (exact) mass is 164 g/mol. The van der Waals surface area contributed by atoms with E-state index < -0.39 is 0 Å². The fourth-order valence-corrected chi connectivity index (χ4v) is 2.28. The van der Waals surface area contributed by atoms with Crippen molar-refractivity contribution in [3.05, 3.63) is 23.0 Å². The van der Waals surface area contributed by atoms with E-state index in [1.54, 1.807) is 18.3 Å². The first kappa shape index (κ1) is 7.90. The average Bonchev–Trinajstić information content (AvgIpc) is 2.47. The first-order valence-corrected chi connectivity index (χ1v) is 4.77. The molecule has 0 fully saturated rings. The maximum atomic E-state index is 5.26. The Kier molecular flexibility index (Phi) is 1.95. The Morgan fingerprint density at radius 3 is 2.92 bits per heavy atom. The Morgan fingerprint density at radius 2 is 2.17 bits per heavy atom. The largest absolute Gasteiger partial charge is 0.501 e. The molecular weight excluding hydrogens is 148 g/mol. The van der Waals surface area contributed by atoms with Crippen LogP contribution in [0.25, 0.3) is 0 Å². The van der Waals surface area contributed by atoms with Gasteiger partial charge in [-0.2, -0.15) is 0 Å². The lowest BCUT2D eigenvalue weighted by atomic mass is 9.94. The maximum absolute atomic E-state index is 5.26. The smallest absolute Gasteiger partial charge is 0.0961 e. The summed E-state index contributed by atoms with van der Waals surface area (Å²) >= 11 is 0. The number of rotatable bonds is 1. The van der Waals surface area contributed by atoms with Gasteiger partial charge in [-0.3, -0.25) is 0 Å². The lowest BCUT2D eigenvalue weighted by Gasteiger charge is -2.16. The SMILES string of the molecule is COC1=CC2=C(CC1)C(C)CC2. The van der Waals surface area contributed by atoms with Gasteiger partial charge in [0.2, 0.25) is 0 Å². The molecule has 0 aromatic heterocycles. The molecule has 1 atom stereocenters. The van der Waals surface area contributed by atoms with Gasteiger partial charge in [-0.05, 0) is 36.8 Å². The Balaban J connectivity index is 2.24. The minimum absolute atomic E-state index is 0.828. The highest BCUT2D eigenvalue weighted by atomic mass is 16.5. The van der Waals surface area contributed by atoms with Crippen LogP contribution in [0.1, 0.15) is 32.6 Å². The van der Waals surface area contributed by atoms with Crippen molar-refractivity contribution in [2.75, 3.05) is 7.11 Å². The topological polar surface area (TPSA) is 9.23 Å². The van der Waals surface area contributed by atoms with Crippen LogP contribution in [0.4, 0.5) is 0 Å². The summed E-state index contributed by atoms with van der Waals surface area (Å²) in [6, 6.07) is 0. The van der Waals surface area contributed by atoms with Gasteiger partial charge in [0.1, 0.15) is 0 Å². The van der Waals surface area contributed by atoms with Gasteiger partial charge < -0.3 is 4.74 Å². The third-order valence-electron chi connectivity index (χ3n) is 3.09. The molecule has 66 valence electrons. The summed E-state index contributed by atoms with van der Waals surface area (Å²) in [5.74, 6) is 2.00. The summed E-state index contributed by atoms with van der Waals surface area (Å²) < 4.78 is 5.26. The van der Waals surface area contributed by atoms with E-state index in [1.165, 1.54) is 25.0 Å². The van der Waals surface area contributed by atoms with Crippen LogP contribution in [0.3, 0.4) is 0 Å². The number of ether oxygens (including phenoxy) is 1. The predicted molar refractivity (Wildman–Crippen MR) is 49.8 cm³/mol. The Bertz CT molecular complexity index is 248. The summed E-state index contributed by atoms with van der Waals surface area (Å²) in [5, 5.41) is 0. The van der Waals surface area contributed by atoms with Gasteiger partial charge in [-0.15, -0.1) is 0 Å². The van der Waals surface area contributed by atoms with Gasteiger partial charge in [-0.25, -0.2) is 0 Å². The van der Waals surface area contributed by atoms with Crippen LogP contribution in [0, 0.1) is 5.92 Å². The Hall–Kier alpha value is -0.720. The fraction of sp³-hybridized carbons (Fsp3) is 0.636. The van der Waals surface area contributed by atoms with Crippen molar-refractivity contribution in [2.45, 2.75) is 32.6 Å². The van der Waals surface area contributed by atoms with Crippen LogP contribution < -0.4 is 0 Å². The zero-order valence-electron chi connectivity index (χ0n) is 7.89. The molecule has 0 spiro atoms. The van der Waals surface area contributed by atoms with E-state index in [0.29, 0.717) is 0 Å². The van der Waals surface area contributed by atoms with Crippen molar-refractivity contribution < 1.29 is 4.74 Å². The van der Waals surface area contributed by atoms with Crippen LogP contribution >= 0.6 is 0 Å². The summed E-state index contributed by atoms with van der Waals surface area (Å²) in [5.41, 5.74) is 3.25. The van der Waals surface area contributed by atoms with Crippen molar-refractivity contribution in [2.24, 2.45) is 5.92 Å². The first-order valence-electron chi connectivity index (χ1n) is 4.77. The van der Waals surface area contributed by atoms with E-state index in [9.17, 15) is 0 Å². The highest BCUT2D eigenvalue weighted by Crippen LogP contribution is 2.39. The van der Waals surface area contributed by atoms with Gasteiger partial charge in [0.05, 0.1) is 12.9 Å². The molecule has 0 amide bonds. The lowest BCUT2D eigenvalue weighted by Crippen LogP contribution is -2.00. The molecule has 0 heterocycles. The van der Waals surface area contributed by atoms with Crippen molar-refractivity contribution in [3.63, 3.8) is 0 Å². The minimum Gasteiger partial charge on any atom is -0.501 e. The van der Waals surface area contributed by atoms with Crippen LogP contribution in [-0.4, -0.2) is 7.11 Å². The molecule has 0 N–H and O–H groups in total. The molecule has 1 unspecified atom stereocenters. The van der Waals surface area contributed by atoms with Crippen LogP contribution in [-0.2, 0) is 4.74 Å². The number of allylic oxidation sites excluding steroid dienone is 4. The molecule has 1 nitrogen and oxygen atoms in total. The van der Waals surface area contributed by atoms with Gasteiger partial charge >= 0.3 is 0 Å². The third kappa shape index (κ3) is 1.17. The standard InChI is InChI=1S/C11H16O/c1-8-3-4-9-7-10(12-2)5-6-11(8)9/h7-8H,3-6H2,1-2H3. The minimum atomic E-state index is 0.828. The van der Waals surface area contributed by atoms with Crippen molar-refractivity contribution in [1.29, 1.82) is 0 Å². The second-order valence-corrected chi connectivity index (χ2v) is 3.80. The quantitative estimate of drug-likeness (QED) is 0.578. The van der Waals surface area contributed by atoms with Gasteiger partial charge in [0.15, 0.2) is 0 Å². The molecule has 12 heavy (non-hydrogen) atoms. The van der Waals surface area contributed by atoms with E-state index in [1.807, 2.05) is 0 Å². The predicted octanol–water partition coefficient (Wildman–Crippen LogP) is 3.04. The highest BCUT2D eigenvalue weighted by molar-refractivity contribution is 5.36. The van der Waals surface area contributed by atoms with Gasteiger partial charge in [-0.1, -0.05) is 12.5 Å². The fourth-order valence-electron chi connectivity index (χ4n) is 2.28. The Labute approximate surface area is 74.1 Å². The molecule has 0 saturated carbocycles. The van der Waals surface area contributed by atoms with E-state index >= 15 is 0 Å². The van der Waals surface area contributed by atoms with Crippen molar-refractivity contribution >= 4 is 0 Å². The molecule has 0 aliphatic heterocycles. The average molecular weight is 164 g/mol. The third-order valence-corrected chi connectivity index (χ3v) is 3.09. The second-order valence-electron chi connectivity index (χ2n) is 3.80. The highest BCUT2D eigenvalue weighted by Gasteiger charge is 2.23. The summed E-state index contributed by atoms with van der Waals surface area (Å²) in [7, 11) is 1.77. The zero-order valence-corrected chi connectivity index (χ0v) is 7.89. The normalized spacial score (nSPS) is 28.5. The molecule has 2 aliphatic rings. The van der Waals surface area contributed by atoms with Crippen LogP contribution in [0.15, 0.2) is 23.0 Å². The summed E-state index contributed by atoms with van der Waals surface area (Å²) in [6.07, 6.45) is 7.21. The summed E-state index contributed by atoms with van der Waals surface area (Å²) in [6.45, 7) is 2.34. The number of methoxy groups -OCH3 is 1. The maximum Gasteiger partial charge on any atom is 0.0961 e. The molecule has 2 aliphatic carbocycles. The number of hydrogen-bond acceptors (Lipinski definition) is 1. The zero-order chi connectivity index (χ0) is 8.55.